The van der Waals surface area contributed by atoms with Crippen molar-refractivity contribution in [2.45, 2.75) is 20.0 Å². The monoisotopic (exact) mass is 616 g/mol. The van der Waals surface area contributed by atoms with E-state index in [0.29, 0.717) is 11.8 Å². The number of alkyl halides is 3. The van der Waals surface area contributed by atoms with Crippen LogP contribution in [0.5, 0.6) is 28.7 Å². The fourth-order valence-corrected chi connectivity index (χ4v) is 3.11. The molecule has 10 nitrogen and oxygen atoms in total. The molecule has 0 aliphatic rings. The van der Waals surface area contributed by atoms with E-state index in [1.165, 1.54) is 62.4 Å². The lowest BCUT2D eigenvalue weighted by Crippen LogP contribution is -2.14. The first-order valence-electron chi connectivity index (χ1n) is 12.6. The molecule has 3 rings (SSSR count). The predicted molar refractivity (Wildman–Crippen MR) is 148 cm³/mol. The molecule has 0 atom stereocenters. The van der Waals surface area contributed by atoms with E-state index in [1.54, 1.807) is 0 Å². The highest BCUT2D eigenvalue weighted by Crippen LogP contribution is 2.38. The Balaban J connectivity index is 1.55. The highest BCUT2D eigenvalue weighted by molar-refractivity contribution is 5.91. The van der Waals surface area contributed by atoms with Crippen LogP contribution in [0.25, 0.3) is 0 Å². The summed E-state index contributed by atoms with van der Waals surface area (Å²) in [6.45, 7) is 8.57. The molecule has 0 amide bonds. The summed E-state index contributed by atoms with van der Waals surface area (Å²) in [6, 6.07) is 14.2. The van der Waals surface area contributed by atoms with Crippen molar-refractivity contribution < 1.29 is 60.7 Å². The van der Waals surface area contributed by atoms with Crippen LogP contribution in [0.3, 0.4) is 0 Å². The standard InChI is InChI=1S/C31H27F3O10/c1-19(2)28(35)42-17-39-22-7-5-21(6-8-22)30(37)44-25-13-14-27(26(15-25)31(32,33)34)41-16-38-23-9-11-24(12-10-23)40-18-43-29(36)20(3)4/h5-15H,1,3,16-18H2,2,4H3. The largest absolute Gasteiger partial charge is 0.457 e. The summed E-state index contributed by atoms with van der Waals surface area (Å²) in [4.78, 5) is 35.2. The van der Waals surface area contributed by atoms with Gasteiger partial charge in [0.25, 0.3) is 0 Å². The number of ether oxygens (including phenoxy) is 7. The molecule has 0 fully saturated rings. The Morgan fingerprint density at radius 1 is 0.636 bits per heavy atom. The van der Waals surface area contributed by atoms with E-state index in [4.69, 9.17) is 33.2 Å². The molecule has 0 heterocycles. The molecule has 0 aliphatic carbocycles. The van der Waals surface area contributed by atoms with E-state index in [0.717, 1.165) is 12.1 Å². The van der Waals surface area contributed by atoms with Crippen molar-refractivity contribution in [1.29, 1.82) is 0 Å². The maximum Gasteiger partial charge on any atom is 0.420 e. The minimum Gasteiger partial charge on any atom is -0.457 e. The number of benzene rings is 3. The summed E-state index contributed by atoms with van der Waals surface area (Å²) in [5.74, 6) is -2.20. The summed E-state index contributed by atoms with van der Waals surface area (Å²) < 4.78 is 77.1. The Kier molecular flexibility index (Phi) is 11.4. The average Bonchev–Trinajstić information content (AvgIpc) is 2.98. The SMILES string of the molecule is C=C(C)C(=O)OCOc1ccc(OCOc2ccc(OC(=O)c3ccc(OCOC(=O)C(=C)C)cc3)cc2C(F)(F)F)cc1. The first kappa shape index (κ1) is 33.0. The first-order chi connectivity index (χ1) is 20.8. The predicted octanol–water partition coefficient (Wildman–Crippen LogP) is 6.25. The average molecular weight is 617 g/mol. The Morgan fingerprint density at radius 3 is 1.52 bits per heavy atom. The van der Waals surface area contributed by atoms with E-state index in [9.17, 15) is 27.6 Å². The van der Waals surface area contributed by atoms with E-state index < -0.39 is 42.2 Å². The molecule has 0 N–H and O–H groups in total. The number of carbonyl (C=O) groups is 3. The van der Waals surface area contributed by atoms with Gasteiger partial charge in [-0.2, -0.15) is 13.2 Å². The number of hydrogen-bond donors (Lipinski definition) is 0. The van der Waals surface area contributed by atoms with Crippen molar-refractivity contribution in [3.05, 3.63) is 102 Å². The molecule has 0 aromatic heterocycles. The van der Waals surface area contributed by atoms with Gasteiger partial charge in [0.1, 0.15) is 34.3 Å². The lowest BCUT2D eigenvalue weighted by Gasteiger charge is -2.16. The molecular formula is C31H27F3O10. The van der Waals surface area contributed by atoms with Gasteiger partial charge in [0.2, 0.25) is 20.4 Å². The maximum atomic E-state index is 13.8. The third-order valence-corrected chi connectivity index (χ3v) is 5.35. The van der Waals surface area contributed by atoms with Gasteiger partial charge in [0.15, 0.2) is 0 Å². The van der Waals surface area contributed by atoms with Gasteiger partial charge >= 0.3 is 24.1 Å². The molecule has 0 aliphatic heterocycles. The van der Waals surface area contributed by atoms with Gasteiger partial charge in [-0.05, 0) is 80.6 Å². The van der Waals surface area contributed by atoms with Gasteiger partial charge in [-0.3, -0.25) is 0 Å². The highest BCUT2D eigenvalue weighted by atomic mass is 19.4. The summed E-state index contributed by atoms with van der Waals surface area (Å²) in [5, 5.41) is 0. The van der Waals surface area contributed by atoms with E-state index in [-0.39, 0.29) is 47.5 Å². The fraction of sp³-hybridized carbons (Fsp3) is 0.194. The highest BCUT2D eigenvalue weighted by Gasteiger charge is 2.35. The quantitative estimate of drug-likeness (QED) is 0.0891. The molecule has 232 valence electrons. The van der Waals surface area contributed by atoms with Gasteiger partial charge in [0.05, 0.1) is 5.56 Å². The molecule has 0 saturated heterocycles. The first-order valence-corrected chi connectivity index (χ1v) is 12.6. The molecule has 0 bridgehead atoms. The second-order valence-corrected chi connectivity index (χ2v) is 8.90. The van der Waals surface area contributed by atoms with Gasteiger partial charge in [-0.1, -0.05) is 13.2 Å². The third kappa shape index (κ3) is 10.1. The third-order valence-electron chi connectivity index (χ3n) is 5.35. The summed E-state index contributed by atoms with van der Waals surface area (Å²) in [5.41, 5.74) is -0.738. The summed E-state index contributed by atoms with van der Waals surface area (Å²) in [6.07, 6.45) is -4.84. The molecule has 3 aromatic rings. The molecule has 3 aromatic carbocycles. The van der Waals surface area contributed by atoms with Crippen LogP contribution in [-0.4, -0.2) is 38.3 Å². The number of carbonyl (C=O) groups excluding carboxylic acids is 3. The van der Waals surface area contributed by atoms with Crippen LogP contribution in [0.15, 0.2) is 91.0 Å². The van der Waals surface area contributed by atoms with Crippen LogP contribution in [-0.2, 0) is 25.2 Å². The number of hydrogen-bond acceptors (Lipinski definition) is 10. The van der Waals surface area contributed by atoms with Gasteiger partial charge in [-0.15, -0.1) is 0 Å². The van der Waals surface area contributed by atoms with Gasteiger partial charge in [0, 0.05) is 11.1 Å². The fourth-order valence-electron chi connectivity index (χ4n) is 3.11. The second-order valence-electron chi connectivity index (χ2n) is 8.90. The minimum atomic E-state index is -4.84. The van der Waals surface area contributed by atoms with Crippen molar-refractivity contribution in [2.75, 3.05) is 20.4 Å². The van der Waals surface area contributed by atoms with Crippen LogP contribution in [0, 0.1) is 0 Å². The summed E-state index contributed by atoms with van der Waals surface area (Å²) in [7, 11) is 0. The molecule has 44 heavy (non-hydrogen) atoms. The Morgan fingerprint density at radius 2 is 1.07 bits per heavy atom. The minimum absolute atomic E-state index is 0.0304. The Bertz CT molecular complexity index is 1500. The zero-order valence-corrected chi connectivity index (χ0v) is 23.6. The van der Waals surface area contributed by atoms with E-state index >= 15 is 0 Å². The van der Waals surface area contributed by atoms with E-state index in [2.05, 4.69) is 13.2 Å². The molecule has 0 spiro atoms. The lowest BCUT2D eigenvalue weighted by atomic mass is 10.1. The zero-order valence-electron chi connectivity index (χ0n) is 23.6. The van der Waals surface area contributed by atoms with Crippen molar-refractivity contribution in [3.8, 4) is 28.7 Å². The Labute approximate surface area is 250 Å². The van der Waals surface area contributed by atoms with Crippen molar-refractivity contribution in [2.24, 2.45) is 0 Å². The molecule has 0 saturated carbocycles. The number of esters is 3. The molecule has 0 unspecified atom stereocenters. The van der Waals surface area contributed by atoms with Crippen LogP contribution >= 0.6 is 0 Å². The van der Waals surface area contributed by atoms with Crippen LogP contribution in [0.1, 0.15) is 29.8 Å². The molecule has 0 radical (unpaired) electrons. The van der Waals surface area contributed by atoms with Gasteiger partial charge in [-0.25, -0.2) is 14.4 Å². The maximum absolute atomic E-state index is 13.8. The van der Waals surface area contributed by atoms with Crippen LogP contribution in [0.2, 0.25) is 0 Å². The topological polar surface area (TPSA) is 116 Å². The lowest BCUT2D eigenvalue weighted by molar-refractivity contribution is -0.146. The smallest absolute Gasteiger partial charge is 0.420 e. The Hall–Kier alpha value is -5.46. The van der Waals surface area contributed by atoms with Gasteiger partial charge < -0.3 is 33.2 Å². The second kappa shape index (κ2) is 15.1. The number of halogens is 3. The molecule has 13 heteroatoms. The van der Waals surface area contributed by atoms with Crippen LogP contribution < -0.4 is 23.7 Å². The van der Waals surface area contributed by atoms with Crippen molar-refractivity contribution in [3.63, 3.8) is 0 Å². The molecular weight excluding hydrogens is 589 g/mol. The number of rotatable bonds is 14. The van der Waals surface area contributed by atoms with Crippen molar-refractivity contribution >= 4 is 17.9 Å². The summed E-state index contributed by atoms with van der Waals surface area (Å²) >= 11 is 0. The van der Waals surface area contributed by atoms with Crippen molar-refractivity contribution in [1.82, 2.24) is 0 Å². The normalized spacial score (nSPS) is 10.7. The van der Waals surface area contributed by atoms with Crippen LogP contribution in [0.4, 0.5) is 13.2 Å². The van der Waals surface area contributed by atoms with E-state index in [1.807, 2.05) is 0 Å². The zero-order chi connectivity index (χ0) is 32.3.